The first-order valence-electron chi connectivity index (χ1n) is 12.3. The monoisotopic (exact) mass is 557 g/mol. The fourth-order valence-electron chi connectivity index (χ4n) is 3.81. The molecule has 2 amide bonds. The third-order valence-electron chi connectivity index (χ3n) is 5.83. The highest BCUT2D eigenvalue weighted by molar-refractivity contribution is 7.92. The van der Waals surface area contributed by atoms with Gasteiger partial charge in [0.1, 0.15) is 18.3 Å². The van der Waals surface area contributed by atoms with Crippen LogP contribution in [0.15, 0.2) is 83.8 Å². The fourth-order valence-corrected chi connectivity index (χ4v) is 5.38. The Hall–Kier alpha value is -3.56. The molecule has 0 radical (unpaired) electrons. The van der Waals surface area contributed by atoms with Gasteiger partial charge in [0.2, 0.25) is 11.8 Å². The molecular formula is C28H32ClN3O5S. The number of rotatable bonds is 12. The van der Waals surface area contributed by atoms with Crippen molar-refractivity contribution in [3.05, 3.63) is 89.4 Å². The van der Waals surface area contributed by atoms with Gasteiger partial charge in [0.25, 0.3) is 10.0 Å². The van der Waals surface area contributed by atoms with Crippen molar-refractivity contribution in [2.45, 2.75) is 38.3 Å². The predicted octanol–water partition coefficient (Wildman–Crippen LogP) is 4.49. The van der Waals surface area contributed by atoms with E-state index in [1.807, 2.05) is 6.92 Å². The van der Waals surface area contributed by atoms with Crippen LogP contribution in [0.4, 0.5) is 5.69 Å². The van der Waals surface area contributed by atoms with Crippen molar-refractivity contribution >= 4 is 39.1 Å². The SMILES string of the molecule is CCNC(=O)[C@@H](C)N(Cc1ccc(Cl)cc1)C(=O)CN(c1ccc(OCC)cc1)S(=O)(=O)c1ccccc1. The molecule has 0 spiro atoms. The van der Waals surface area contributed by atoms with Crippen LogP contribution >= 0.6 is 11.6 Å². The fraction of sp³-hybridized carbons (Fsp3) is 0.286. The molecule has 0 unspecified atom stereocenters. The van der Waals surface area contributed by atoms with Crippen LogP contribution in [0.1, 0.15) is 26.3 Å². The summed E-state index contributed by atoms with van der Waals surface area (Å²) in [6.07, 6.45) is 0. The molecule has 0 aliphatic carbocycles. The van der Waals surface area contributed by atoms with E-state index in [2.05, 4.69) is 5.32 Å². The minimum atomic E-state index is -4.12. The Morgan fingerprint density at radius 3 is 2.16 bits per heavy atom. The van der Waals surface area contributed by atoms with Gasteiger partial charge < -0.3 is 15.0 Å². The van der Waals surface area contributed by atoms with Gasteiger partial charge in [0, 0.05) is 18.1 Å². The van der Waals surface area contributed by atoms with Crippen LogP contribution in [0.3, 0.4) is 0 Å². The molecule has 0 saturated carbocycles. The molecule has 0 aliphatic rings. The lowest BCUT2D eigenvalue weighted by atomic mass is 10.1. The molecule has 0 saturated heterocycles. The number of likely N-dealkylation sites (N-methyl/N-ethyl adjacent to an activating group) is 1. The van der Waals surface area contributed by atoms with Gasteiger partial charge in [0.15, 0.2) is 0 Å². The Morgan fingerprint density at radius 2 is 1.58 bits per heavy atom. The topological polar surface area (TPSA) is 96.0 Å². The zero-order chi connectivity index (χ0) is 27.7. The maximum absolute atomic E-state index is 13.8. The van der Waals surface area contributed by atoms with Crippen molar-refractivity contribution in [2.75, 3.05) is 24.0 Å². The van der Waals surface area contributed by atoms with Gasteiger partial charge in [0.05, 0.1) is 17.2 Å². The number of hydrogen-bond donors (Lipinski definition) is 1. The Morgan fingerprint density at radius 1 is 0.947 bits per heavy atom. The maximum Gasteiger partial charge on any atom is 0.264 e. The van der Waals surface area contributed by atoms with Gasteiger partial charge in [-0.1, -0.05) is 41.9 Å². The van der Waals surface area contributed by atoms with Gasteiger partial charge in [-0.25, -0.2) is 8.42 Å². The molecule has 38 heavy (non-hydrogen) atoms. The summed E-state index contributed by atoms with van der Waals surface area (Å²) in [7, 11) is -4.12. The Labute approximate surface area is 229 Å². The Kier molecular flexibility index (Phi) is 10.2. The summed E-state index contributed by atoms with van der Waals surface area (Å²) in [4.78, 5) is 27.9. The van der Waals surface area contributed by atoms with Crippen LogP contribution < -0.4 is 14.4 Å². The third-order valence-corrected chi connectivity index (χ3v) is 7.87. The average molecular weight is 558 g/mol. The van der Waals surface area contributed by atoms with Crippen LogP contribution in [-0.4, -0.2) is 50.9 Å². The highest BCUT2D eigenvalue weighted by atomic mass is 35.5. The maximum atomic E-state index is 13.8. The van der Waals surface area contributed by atoms with E-state index >= 15 is 0 Å². The average Bonchev–Trinajstić information content (AvgIpc) is 2.92. The molecule has 0 aromatic heterocycles. The van der Waals surface area contributed by atoms with Gasteiger partial charge in [-0.15, -0.1) is 0 Å². The second kappa shape index (κ2) is 13.3. The summed E-state index contributed by atoms with van der Waals surface area (Å²) in [5.74, 6) is -0.297. The van der Waals surface area contributed by atoms with Crippen molar-refractivity contribution in [1.29, 1.82) is 0 Å². The number of sulfonamides is 1. The van der Waals surface area contributed by atoms with E-state index < -0.39 is 28.5 Å². The summed E-state index contributed by atoms with van der Waals surface area (Å²) in [5.41, 5.74) is 1.04. The minimum Gasteiger partial charge on any atom is -0.494 e. The van der Waals surface area contributed by atoms with E-state index in [9.17, 15) is 18.0 Å². The van der Waals surface area contributed by atoms with Gasteiger partial charge in [-0.05, 0) is 74.9 Å². The number of ether oxygens (including phenoxy) is 1. The smallest absolute Gasteiger partial charge is 0.264 e. The highest BCUT2D eigenvalue weighted by Crippen LogP contribution is 2.26. The number of amides is 2. The number of benzene rings is 3. The molecule has 0 bridgehead atoms. The molecule has 1 N–H and O–H groups in total. The second-order valence-corrected chi connectivity index (χ2v) is 10.8. The normalized spacial score (nSPS) is 11.9. The molecule has 3 aromatic carbocycles. The second-order valence-electron chi connectivity index (χ2n) is 8.47. The lowest BCUT2D eigenvalue weighted by Crippen LogP contribution is -2.51. The van der Waals surface area contributed by atoms with Crippen LogP contribution in [0.25, 0.3) is 0 Å². The number of carbonyl (C=O) groups is 2. The highest BCUT2D eigenvalue weighted by Gasteiger charge is 2.32. The Bertz CT molecular complexity index is 1320. The summed E-state index contributed by atoms with van der Waals surface area (Å²) in [5, 5.41) is 3.28. The quantitative estimate of drug-likeness (QED) is 0.354. The first kappa shape index (κ1) is 29.0. The molecule has 0 fully saturated rings. The number of nitrogens with one attached hydrogen (secondary N) is 1. The van der Waals surface area contributed by atoms with Crippen LogP contribution in [0, 0.1) is 0 Å². The molecule has 8 nitrogen and oxygen atoms in total. The molecular weight excluding hydrogens is 526 g/mol. The van der Waals surface area contributed by atoms with Gasteiger partial charge >= 0.3 is 0 Å². The van der Waals surface area contributed by atoms with Crippen molar-refractivity contribution < 1.29 is 22.7 Å². The van der Waals surface area contributed by atoms with Crippen molar-refractivity contribution in [1.82, 2.24) is 10.2 Å². The van der Waals surface area contributed by atoms with E-state index in [1.165, 1.54) is 17.0 Å². The first-order chi connectivity index (χ1) is 18.2. The van der Waals surface area contributed by atoms with E-state index in [0.717, 1.165) is 9.87 Å². The van der Waals surface area contributed by atoms with Crippen molar-refractivity contribution in [3.8, 4) is 5.75 Å². The molecule has 0 heterocycles. The number of hydrogen-bond acceptors (Lipinski definition) is 5. The zero-order valence-corrected chi connectivity index (χ0v) is 23.2. The lowest BCUT2D eigenvalue weighted by molar-refractivity contribution is -0.139. The van der Waals surface area contributed by atoms with Crippen LogP contribution in [0.2, 0.25) is 5.02 Å². The van der Waals surface area contributed by atoms with E-state index in [4.69, 9.17) is 16.3 Å². The molecule has 1 atom stereocenters. The standard InChI is InChI=1S/C28H32ClN3O5S/c1-4-30-28(34)21(3)31(19-22-11-13-23(29)14-12-22)27(33)20-32(24-15-17-25(18-16-24)37-5-2)38(35,36)26-9-7-6-8-10-26/h6-18,21H,4-5,19-20H2,1-3H3,(H,30,34)/t21-/m1/s1. The molecule has 10 heteroatoms. The van der Waals surface area contributed by atoms with Crippen LogP contribution in [0.5, 0.6) is 5.75 Å². The largest absolute Gasteiger partial charge is 0.494 e. The first-order valence-corrected chi connectivity index (χ1v) is 14.1. The summed E-state index contributed by atoms with van der Waals surface area (Å²) >= 11 is 6.01. The van der Waals surface area contributed by atoms with Crippen molar-refractivity contribution in [2.24, 2.45) is 0 Å². The van der Waals surface area contributed by atoms with Gasteiger partial charge in [-0.3, -0.25) is 13.9 Å². The molecule has 3 aromatic rings. The van der Waals surface area contributed by atoms with E-state index in [-0.39, 0.29) is 17.3 Å². The summed E-state index contributed by atoms with van der Waals surface area (Å²) in [6, 6.07) is 20.5. The third kappa shape index (κ3) is 7.26. The van der Waals surface area contributed by atoms with E-state index in [1.54, 1.807) is 80.6 Å². The molecule has 3 rings (SSSR count). The number of halogens is 1. The summed E-state index contributed by atoms with van der Waals surface area (Å²) < 4.78 is 34.0. The van der Waals surface area contributed by atoms with Crippen molar-refractivity contribution in [3.63, 3.8) is 0 Å². The molecule has 202 valence electrons. The van der Waals surface area contributed by atoms with Crippen LogP contribution in [-0.2, 0) is 26.2 Å². The minimum absolute atomic E-state index is 0.0442. The zero-order valence-electron chi connectivity index (χ0n) is 21.6. The summed E-state index contributed by atoms with van der Waals surface area (Å²) in [6.45, 7) is 5.69. The number of carbonyl (C=O) groups excluding carboxylic acids is 2. The Balaban J connectivity index is 2.01. The van der Waals surface area contributed by atoms with E-state index in [0.29, 0.717) is 29.6 Å². The number of nitrogens with zero attached hydrogens (tertiary/aromatic N) is 2. The lowest BCUT2D eigenvalue weighted by Gasteiger charge is -2.32. The predicted molar refractivity (Wildman–Crippen MR) is 149 cm³/mol. The molecule has 0 aliphatic heterocycles. The van der Waals surface area contributed by atoms with Gasteiger partial charge in [-0.2, -0.15) is 0 Å². The number of anilines is 1.